The summed E-state index contributed by atoms with van der Waals surface area (Å²) in [5.74, 6) is 0. The van der Waals surface area contributed by atoms with Gasteiger partial charge in [0.05, 0.1) is 6.61 Å². The van der Waals surface area contributed by atoms with Crippen LogP contribution in [0.3, 0.4) is 0 Å². The summed E-state index contributed by atoms with van der Waals surface area (Å²) >= 11 is 9.47. The normalized spacial score (nSPS) is 13.2. The number of nitrogens with zero attached hydrogens (tertiary/aromatic N) is 1. The maximum absolute atomic E-state index is 9.01. The fourth-order valence-corrected chi connectivity index (χ4v) is 1.95. The summed E-state index contributed by atoms with van der Waals surface area (Å²) in [6, 6.07) is 5.99. The summed E-state index contributed by atoms with van der Waals surface area (Å²) in [5.41, 5.74) is 1.07. The van der Waals surface area contributed by atoms with Crippen LogP contribution in [0.1, 0.15) is 12.5 Å². The maximum Gasteiger partial charge on any atom is 0.0584 e. The molecule has 0 saturated carbocycles. The van der Waals surface area contributed by atoms with Gasteiger partial charge >= 0.3 is 0 Å². The Morgan fingerprint density at radius 1 is 1.53 bits per heavy atom. The second kappa shape index (κ2) is 5.85. The van der Waals surface area contributed by atoms with E-state index in [0.717, 1.165) is 21.6 Å². The molecule has 0 heterocycles. The van der Waals surface area contributed by atoms with E-state index in [0.29, 0.717) is 0 Å². The van der Waals surface area contributed by atoms with Gasteiger partial charge in [0.1, 0.15) is 0 Å². The molecule has 15 heavy (non-hydrogen) atoms. The molecule has 0 fully saturated rings. The number of benzene rings is 1. The SMILES string of the molecule is CC(CO)N(C)Cc1ccc(Br)cc1Cl. The molecule has 84 valence electrons. The first-order valence-electron chi connectivity index (χ1n) is 4.79. The third-order valence-electron chi connectivity index (χ3n) is 2.45. The predicted molar refractivity (Wildman–Crippen MR) is 67.2 cm³/mol. The van der Waals surface area contributed by atoms with Crippen LogP contribution in [0.5, 0.6) is 0 Å². The van der Waals surface area contributed by atoms with Crippen molar-refractivity contribution in [3.8, 4) is 0 Å². The Hall–Kier alpha value is -0.0900. The molecular weight excluding hydrogens is 277 g/mol. The minimum atomic E-state index is 0.143. The average molecular weight is 293 g/mol. The maximum atomic E-state index is 9.01. The first kappa shape index (κ1) is 13.0. The van der Waals surface area contributed by atoms with E-state index in [1.807, 2.05) is 32.2 Å². The standard InChI is InChI=1S/C11H15BrClNO/c1-8(7-15)14(2)6-9-3-4-10(12)5-11(9)13/h3-5,8,15H,6-7H2,1-2H3. The van der Waals surface area contributed by atoms with E-state index in [1.54, 1.807) is 0 Å². The Balaban J connectivity index is 2.72. The van der Waals surface area contributed by atoms with E-state index < -0.39 is 0 Å². The molecule has 1 atom stereocenters. The lowest BCUT2D eigenvalue weighted by Gasteiger charge is -2.23. The van der Waals surface area contributed by atoms with Gasteiger partial charge in [-0.1, -0.05) is 33.6 Å². The molecule has 0 aliphatic carbocycles. The van der Waals surface area contributed by atoms with Crippen LogP contribution in [0, 0.1) is 0 Å². The quantitative estimate of drug-likeness (QED) is 0.922. The minimum Gasteiger partial charge on any atom is -0.395 e. The number of aliphatic hydroxyl groups excluding tert-OH is 1. The zero-order valence-electron chi connectivity index (χ0n) is 8.87. The van der Waals surface area contributed by atoms with E-state index in [4.69, 9.17) is 16.7 Å². The summed E-state index contributed by atoms with van der Waals surface area (Å²) < 4.78 is 0.981. The summed E-state index contributed by atoms with van der Waals surface area (Å²) in [4.78, 5) is 2.06. The van der Waals surface area contributed by atoms with Crippen molar-refractivity contribution in [2.75, 3.05) is 13.7 Å². The topological polar surface area (TPSA) is 23.5 Å². The van der Waals surface area contributed by atoms with Crippen molar-refractivity contribution in [2.45, 2.75) is 19.5 Å². The molecule has 1 N–H and O–H groups in total. The molecule has 4 heteroatoms. The van der Waals surface area contributed by atoms with Gasteiger partial charge in [-0.25, -0.2) is 0 Å². The molecule has 0 amide bonds. The predicted octanol–water partition coefficient (Wildman–Crippen LogP) is 2.92. The summed E-state index contributed by atoms with van der Waals surface area (Å²) in [5, 5.41) is 9.77. The highest BCUT2D eigenvalue weighted by molar-refractivity contribution is 9.10. The molecule has 1 aromatic carbocycles. The van der Waals surface area contributed by atoms with Crippen LogP contribution in [-0.4, -0.2) is 29.7 Å². The van der Waals surface area contributed by atoms with Gasteiger partial charge in [0.15, 0.2) is 0 Å². The second-order valence-corrected chi connectivity index (χ2v) is 5.01. The molecule has 2 nitrogen and oxygen atoms in total. The lowest BCUT2D eigenvalue weighted by atomic mass is 10.2. The van der Waals surface area contributed by atoms with Crippen LogP contribution < -0.4 is 0 Å². The van der Waals surface area contributed by atoms with Crippen molar-refractivity contribution >= 4 is 27.5 Å². The first-order valence-corrected chi connectivity index (χ1v) is 5.96. The average Bonchev–Trinajstić information content (AvgIpc) is 2.20. The number of rotatable bonds is 4. The van der Waals surface area contributed by atoms with E-state index in [9.17, 15) is 0 Å². The zero-order valence-corrected chi connectivity index (χ0v) is 11.2. The van der Waals surface area contributed by atoms with Crippen molar-refractivity contribution in [3.05, 3.63) is 33.3 Å². The second-order valence-electron chi connectivity index (χ2n) is 3.68. The van der Waals surface area contributed by atoms with Crippen LogP contribution in [0.15, 0.2) is 22.7 Å². The number of halogens is 2. The molecule has 0 aromatic heterocycles. The van der Waals surface area contributed by atoms with E-state index in [1.165, 1.54) is 0 Å². The Morgan fingerprint density at radius 3 is 2.73 bits per heavy atom. The smallest absolute Gasteiger partial charge is 0.0584 e. The number of hydrogen-bond acceptors (Lipinski definition) is 2. The Bertz CT molecular complexity index is 332. The molecule has 0 radical (unpaired) electrons. The fraction of sp³-hybridized carbons (Fsp3) is 0.455. The Labute approximate surface area is 104 Å². The third kappa shape index (κ3) is 3.76. The minimum absolute atomic E-state index is 0.143. The van der Waals surface area contributed by atoms with Crippen molar-refractivity contribution in [3.63, 3.8) is 0 Å². The number of likely N-dealkylation sites (N-methyl/N-ethyl adjacent to an activating group) is 1. The molecule has 1 rings (SSSR count). The monoisotopic (exact) mass is 291 g/mol. The van der Waals surface area contributed by atoms with Gasteiger partial charge in [0.2, 0.25) is 0 Å². The van der Waals surface area contributed by atoms with Gasteiger partial charge in [-0.3, -0.25) is 4.90 Å². The van der Waals surface area contributed by atoms with Gasteiger partial charge < -0.3 is 5.11 Å². The van der Waals surface area contributed by atoms with Crippen LogP contribution >= 0.6 is 27.5 Å². The van der Waals surface area contributed by atoms with Gasteiger partial charge in [0, 0.05) is 22.1 Å². The molecule has 0 aliphatic heterocycles. The van der Waals surface area contributed by atoms with Gasteiger partial charge in [-0.15, -0.1) is 0 Å². The molecule has 0 saturated heterocycles. The van der Waals surface area contributed by atoms with E-state index >= 15 is 0 Å². The third-order valence-corrected chi connectivity index (χ3v) is 3.30. The molecule has 1 unspecified atom stereocenters. The highest BCUT2D eigenvalue weighted by Crippen LogP contribution is 2.22. The molecular formula is C11H15BrClNO. The molecule has 0 spiro atoms. The number of aliphatic hydroxyl groups is 1. The Morgan fingerprint density at radius 2 is 2.20 bits per heavy atom. The van der Waals surface area contributed by atoms with Crippen LogP contribution in [0.4, 0.5) is 0 Å². The van der Waals surface area contributed by atoms with Gasteiger partial charge in [-0.05, 0) is 31.7 Å². The van der Waals surface area contributed by atoms with Crippen molar-refractivity contribution in [1.29, 1.82) is 0 Å². The Kier molecular flexibility index (Phi) is 5.06. The highest BCUT2D eigenvalue weighted by Gasteiger charge is 2.10. The lowest BCUT2D eigenvalue weighted by Crippen LogP contribution is -2.31. The summed E-state index contributed by atoms with van der Waals surface area (Å²) in [7, 11) is 1.97. The first-order chi connectivity index (χ1) is 7.04. The molecule has 0 aliphatic rings. The molecule has 1 aromatic rings. The van der Waals surface area contributed by atoms with Crippen LogP contribution in [0.2, 0.25) is 5.02 Å². The van der Waals surface area contributed by atoms with Gasteiger partial charge in [0.25, 0.3) is 0 Å². The van der Waals surface area contributed by atoms with Crippen molar-refractivity contribution in [2.24, 2.45) is 0 Å². The summed E-state index contributed by atoms with van der Waals surface area (Å²) in [6.45, 7) is 2.88. The summed E-state index contributed by atoms with van der Waals surface area (Å²) in [6.07, 6.45) is 0. The highest BCUT2D eigenvalue weighted by atomic mass is 79.9. The van der Waals surface area contributed by atoms with E-state index in [-0.39, 0.29) is 12.6 Å². The number of hydrogen-bond donors (Lipinski definition) is 1. The van der Waals surface area contributed by atoms with Crippen molar-refractivity contribution in [1.82, 2.24) is 4.90 Å². The van der Waals surface area contributed by atoms with Crippen molar-refractivity contribution < 1.29 is 5.11 Å². The largest absolute Gasteiger partial charge is 0.395 e. The lowest BCUT2D eigenvalue weighted by molar-refractivity contribution is 0.154. The molecule has 0 bridgehead atoms. The van der Waals surface area contributed by atoms with Crippen LogP contribution in [-0.2, 0) is 6.54 Å². The fourth-order valence-electron chi connectivity index (χ4n) is 1.21. The van der Waals surface area contributed by atoms with Crippen LogP contribution in [0.25, 0.3) is 0 Å². The van der Waals surface area contributed by atoms with Gasteiger partial charge in [-0.2, -0.15) is 0 Å². The van der Waals surface area contributed by atoms with E-state index in [2.05, 4.69) is 20.8 Å². The zero-order chi connectivity index (χ0) is 11.4.